The van der Waals surface area contributed by atoms with Crippen molar-refractivity contribution in [3.8, 4) is 0 Å². The summed E-state index contributed by atoms with van der Waals surface area (Å²) in [7, 11) is 0. The maximum atomic E-state index is 12.7. The Kier molecular flexibility index (Phi) is 6.46. The Hall–Kier alpha value is -0.650. The molecule has 5 heteroatoms. The summed E-state index contributed by atoms with van der Waals surface area (Å²) in [6.45, 7) is 9.81. The second-order valence-corrected chi connectivity index (χ2v) is 7.03. The van der Waals surface area contributed by atoms with Gasteiger partial charge in [-0.2, -0.15) is 0 Å². The topological polar surface area (TPSA) is 54.0 Å². The minimum atomic E-state index is -0.892. The monoisotopic (exact) mass is 328 g/mol. The lowest BCUT2D eigenvalue weighted by molar-refractivity contribution is -0.231. The average molecular weight is 328 g/mol. The van der Waals surface area contributed by atoms with E-state index >= 15 is 0 Å². The van der Waals surface area contributed by atoms with Crippen molar-refractivity contribution in [1.29, 1.82) is 0 Å². The second kappa shape index (κ2) is 7.95. The summed E-state index contributed by atoms with van der Waals surface area (Å²) in [5.74, 6) is -1.09. The van der Waals surface area contributed by atoms with Crippen LogP contribution < -0.4 is 0 Å². The van der Waals surface area contributed by atoms with Gasteiger partial charge in [0, 0.05) is 13.0 Å². The highest BCUT2D eigenvalue weighted by atomic mass is 16.7. The van der Waals surface area contributed by atoms with Crippen LogP contribution in [0.4, 0.5) is 0 Å². The summed E-state index contributed by atoms with van der Waals surface area (Å²) in [6.07, 6.45) is 5.41. The Morgan fingerprint density at radius 1 is 1.26 bits per heavy atom. The molecule has 4 unspecified atom stereocenters. The van der Waals surface area contributed by atoms with Crippen LogP contribution in [-0.4, -0.2) is 43.8 Å². The van der Waals surface area contributed by atoms with Gasteiger partial charge in [-0.25, -0.2) is 0 Å². The van der Waals surface area contributed by atoms with Gasteiger partial charge in [-0.05, 0) is 26.7 Å². The number of unbranched alkanes of at least 4 members (excludes halogenated alkanes) is 2. The van der Waals surface area contributed by atoms with E-state index in [0.29, 0.717) is 26.1 Å². The Morgan fingerprint density at radius 2 is 2.04 bits per heavy atom. The standard InChI is InChI=1S/C18H32O5/c1-5-7-8-10-20-13-15-11-18(9-6-2,16(19)22-15)17(4)21-12-14(3)23-17/h14-15H,5-13H2,1-4H3. The summed E-state index contributed by atoms with van der Waals surface area (Å²) in [5, 5.41) is 0. The highest BCUT2D eigenvalue weighted by Crippen LogP contribution is 2.51. The van der Waals surface area contributed by atoms with Gasteiger partial charge in [-0.15, -0.1) is 0 Å². The summed E-state index contributed by atoms with van der Waals surface area (Å²) >= 11 is 0. The first-order valence-corrected chi connectivity index (χ1v) is 9.08. The molecule has 0 N–H and O–H groups in total. The predicted octanol–water partition coefficient (Wildman–Crippen LogP) is 3.45. The molecule has 23 heavy (non-hydrogen) atoms. The minimum absolute atomic E-state index is 0.00544. The normalized spacial score (nSPS) is 37.3. The zero-order chi connectivity index (χ0) is 16.9. The number of hydrogen-bond acceptors (Lipinski definition) is 5. The van der Waals surface area contributed by atoms with Gasteiger partial charge < -0.3 is 18.9 Å². The maximum Gasteiger partial charge on any atom is 0.318 e. The van der Waals surface area contributed by atoms with Crippen molar-refractivity contribution < 1.29 is 23.7 Å². The van der Waals surface area contributed by atoms with E-state index in [9.17, 15) is 4.79 Å². The van der Waals surface area contributed by atoms with Gasteiger partial charge in [-0.3, -0.25) is 4.79 Å². The average Bonchev–Trinajstić information content (AvgIpc) is 3.02. The first-order valence-electron chi connectivity index (χ1n) is 9.08. The van der Waals surface area contributed by atoms with E-state index in [1.165, 1.54) is 12.8 Å². The molecule has 0 bridgehead atoms. The third-order valence-electron chi connectivity index (χ3n) is 5.00. The van der Waals surface area contributed by atoms with Gasteiger partial charge in [0.15, 0.2) is 5.79 Å². The molecule has 0 saturated carbocycles. The second-order valence-electron chi connectivity index (χ2n) is 7.03. The van der Waals surface area contributed by atoms with Gasteiger partial charge in [0.1, 0.15) is 11.5 Å². The molecule has 2 aliphatic rings. The maximum absolute atomic E-state index is 12.7. The van der Waals surface area contributed by atoms with Crippen molar-refractivity contribution in [2.45, 2.75) is 84.2 Å². The van der Waals surface area contributed by atoms with Gasteiger partial charge >= 0.3 is 5.97 Å². The molecular formula is C18H32O5. The minimum Gasteiger partial charge on any atom is -0.459 e. The van der Waals surface area contributed by atoms with Crippen molar-refractivity contribution in [2.24, 2.45) is 5.41 Å². The van der Waals surface area contributed by atoms with Crippen LogP contribution in [0.15, 0.2) is 0 Å². The van der Waals surface area contributed by atoms with Crippen LogP contribution in [0.2, 0.25) is 0 Å². The number of rotatable bonds is 9. The molecule has 0 amide bonds. The van der Waals surface area contributed by atoms with Crippen molar-refractivity contribution in [3.05, 3.63) is 0 Å². The summed E-state index contributed by atoms with van der Waals surface area (Å²) in [4.78, 5) is 12.7. The van der Waals surface area contributed by atoms with E-state index in [-0.39, 0.29) is 18.2 Å². The molecule has 2 aliphatic heterocycles. The van der Waals surface area contributed by atoms with Crippen LogP contribution >= 0.6 is 0 Å². The van der Waals surface area contributed by atoms with Crippen molar-refractivity contribution in [3.63, 3.8) is 0 Å². The van der Waals surface area contributed by atoms with Gasteiger partial charge in [-0.1, -0.05) is 33.1 Å². The fourth-order valence-electron chi connectivity index (χ4n) is 3.75. The largest absolute Gasteiger partial charge is 0.459 e. The molecular weight excluding hydrogens is 296 g/mol. The van der Waals surface area contributed by atoms with Crippen LogP contribution in [-0.2, 0) is 23.7 Å². The molecule has 4 atom stereocenters. The lowest BCUT2D eigenvalue weighted by Gasteiger charge is -2.39. The molecule has 2 heterocycles. The molecule has 2 rings (SSSR count). The molecule has 5 nitrogen and oxygen atoms in total. The van der Waals surface area contributed by atoms with Crippen LogP contribution in [0.5, 0.6) is 0 Å². The number of ether oxygens (including phenoxy) is 4. The van der Waals surface area contributed by atoms with Crippen molar-refractivity contribution in [1.82, 2.24) is 0 Å². The highest BCUT2D eigenvalue weighted by Gasteiger charge is 2.63. The Morgan fingerprint density at radius 3 is 2.65 bits per heavy atom. The fourth-order valence-corrected chi connectivity index (χ4v) is 3.75. The summed E-state index contributed by atoms with van der Waals surface area (Å²) in [5.41, 5.74) is -0.718. The molecule has 0 aromatic heterocycles. The number of esters is 1. The van der Waals surface area contributed by atoms with Crippen LogP contribution in [0.25, 0.3) is 0 Å². The molecule has 0 aromatic rings. The molecule has 2 fully saturated rings. The van der Waals surface area contributed by atoms with Crippen LogP contribution in [0.1, 0.15) is 66.2 Å². The van der Waals surface area contributed by atoms with Crippen LogP contribution in [0, 0.1) is 5.41 Å². The smallest absolute Gasteiger partial charge is 0.318 e. The SMILES string of the molecule is CCCCCOCC1CC(CCC)(C2(C)OCC(C)O2)C(=O)O1. The highest BCUT2D eigenvalue weighted by molar-refractivity contribution is 5.80. The molecule has 2 saturated heterocycles. The Balaban J connectivity index is 1.98. The van der Waals surface area contributed by atoms with E-state index < -0.39 is 11.2 Å². The number of hydrogen-bond donors (Lipinski definition) is 0. The van der Waals surface area contributed by atoms with Gasteiger partial charge in [0.25, 0.3) is 0 Å². The fraction of sp³-hybridized carbons (Fsp3) is 0.944. The Bertz CT molecular complexity index is 399. The summed E-state index contributed by atoms with van der Waals surface area (Å²) < 4.78 is 23.2. The lowest BCUT2D eigenvalue weighted by Crippen LogP contribution is -2.50. The van der Waals surface area contributed by atoms with E-state index in [4.69, 9.17) is 18.9 Å². The molecule has 0 aliphatic carbocycles. The number of carbonyl (C=O) groups excluding carboxylic acids is 1. The molecule has 0 aromatic carbocycles. The zero-order valence-electron chi connectivity index (χ0n) is 15.1. The van der Waals surface area contributed by atoms with E-state index in [0.717, 1.165) is 19.4 Å². The molecule has 0 radical (unpaired) electrons. The van der Waals surface area contributed by atoms with Crippen molar-refractivity contribution >= 4 is 5.97 Å². The third kappa shape index (κ3) is 3.89. The van der Waals surface area contributed by atoms with Crippen molar-refractivity contribution in [2.75, 3.05) is 19.8 Å². The van der Waals surface area contributed by atoms with Gasteiger partial charge in [0.05, 0.1) is 19.3 Å². The van der Waals surface area contributed by atoms with E-state index in [1.807, 2.05) is 13.8 Å². The predicted molar refractivity (Wildman–Crippen MR) is 87.1 cm³/mol. The first-order chi connectivity index (χ1) is 11.0. The first kappa shape index (κ1) is 18.7. The van der Waals surface area contributed by atoms with Gasteiger partial charge in [0.2, 0.25) is 0 Å². The molecule has 0 spiro atoms. The molecule has 134 valence electrons. The number of carbonyl (C=O) groups is 1. The van der Waals surface area contributed by atoms with E-state index in [2.05, 4.69) is 13.8 Å². The summed E-state index contributed by atoms with van der Waals surface area (Å²) in [6, 6.07) is 0. The van der Waals surface area contributed by atoms with E-state index in [1.54, 1.807) is 0 Å². The Labute approximate surface area is 140 Å². The number of cyclic esters (lactones) is 1. The zero-order valence-corrected chi connectivity index (χ0v) is 15.1. The quantitative estimate of drug-likeness (QED) is 0.479. The third-order valence-corrected chi connectivity index (χ3v) is 5.00. The lowest BCUT2D eigenvalue weighted by atomic mass is 9.73. The van der Waals surface area contributed by atoms with Crippen LogP contribution in [0.3, 0.4) is 0 Å².